The molecule has 19 heavy (non-hydrogen) atoms. The molecular formula is C14H13BrN4. The van der Waals surface area contributed by atoms with Crippen molar-refractivity contribution in [1.29, 1.82) is 5.26 Å². The van der Waals surface area contributed by atoms with E-state index >= 15 is 0 Å². The minimum Gasteiger partial charge on any atom is -0.367 e. The Balaban J connectivity index is 2.23. The first-order chi connectivity index (χ1) is 9.29. The van der Waals surface area contributed by atoms with Gasteiger partial charge in [-0.1, -0.05) is 15.9 Å². The molecule has 0 spiro atoms. The van der Waals surface area contributed by atoms with Crippen LogP contribution in [-0.2, 0) is 0 Å². The van der Waals surface area contributed by atoms with Gasteiger partial charge >= 0.3 is 0 Å². The fourth-order valence-corrected chi connectivity index (χ4v) is 2.82. The molecule has 1 aliphatic heterocycles. The molecule has 0 atom stereocenters. The van der Waals surface area contributed by atoms with Crippen LogP contribution in [0.5, 0.6) is 0 Å². The zero-order valence-electron chi connectivity index (χ0n) is 10.4. The summed E-state index contributed by atoms with van der Waals surface area (Å²) in [5.74, 6) is 0. The van der Waals surface area contributed by atoms with Crippen LogP contribution in [-0.4, -0.2) is 31.2 Å². The molecule has 2 heterocycles. The van der Waals surface area contributed by atoms with Crippen LogP contribution in [0.15, 0.2) is 28.9 Å². The van der Waals surface area contributed by atoms with Crippen molar-refractivity contribution in [3.8, 4) is 6.07 Å². The normalized spacial score (nSPS) is 15.5. The lowest BCUT2D eigenvalue weighted by Crippen LogP contribution is -2.43. The Morgan fingerprint density at radius 2 is 2.11 bits per heavy atom. The number of fused-ring (bicyclic) bond motifs is 1. The Bertz CT molecular complexity index is 656. The summed E-state index contributed by atoms with van der Waals surface area (Å²) in [5.41, 5.74) is 2.58. The first-order valence-corrected chi connectivity index (χ1v) is 7.03. The van der Waals surface area contributed by atoms with Crippen molar-refractivity contribution >= 4 is 32.5 Å². The number of nitriles is 1. The minimum atomic E-state index is 0.646. The molecule has 96 valence electrons. The van der Waals surface area contributed by atoms with E-state index in [1.54, 1.807) is 6.20 Å². The van der Waals surface area contributed by atoms with Gasteiger partial charge < -0.3 is 10.2 Å². The van der Waals surface area contributed by atoms with Crippen molar-refractivity contribution in [1.82, 2.24) is 10.3 Å². The van der Waals surface area contributed by atoms with Crippen LogP contribution < -0.4 is 10.2 Å². The lowest BCUT2D eigenvalue weighted by Gasteiger charge is -2.31. The molecule has 3 rings (SSSR count). The molecule has 1 N–H and O–H groups in total. The Morgan fingerprint density at radius 1 is 1.32 bits per heavy atom. The predicted molar refractivity (Wildman–Crippen MR) is 79.2 cm³/mol. The van der Waals surface area contributed by atoms with E-state index in [0.717, 1.165) is 47.2 Å². The van der Waals surface area contributed by atoms with E-state index in [9.17, 15) is 5.26 Å². The number of halogens is 1. The number of pyridine rings is 1. The minimum absolute atomic E-state index is 0.646. The zero-order valence-corrected chi connectivity index (χ0v) is 11.9. The van der Waals surface area contributed by atoms with Gasteiger partial charge in [0.15, 0.2) is 0 Å². The van der Waals surface area contributed by atoms with Crippen LogP contribution in [0.2, 0.25) is 0 Å². The number of nitrogens with zero attached hydrogens (tertiary/aromatic N) is 3. The summed E-state index contributed by atoms with van der Waals surface area (Å²) in [5, 5.41) is 13.7. The van der Waals surface area contributed by atoms with Gasteiger partial charge in [0.25, 0.3) is 0 Å². The van der Waals surface area contributed by atoms with Gasteiger partial charge in [0.05, 0.1) is 16.8 Å². The summed E-state index contributed by atoms with van der Waals surface area (Å²) < 4.78 is 1.01. The summed E-state index contributed by atoms with van der Waals surface area (Å²) in [6, 6.07) is 8.26. The molecule has 0 saturated carbocycles. The van der Waals surface area contributed by atoms with E-state index in [0.29, 0.717) is 5.56 Å². The van der Waals surface area contributed by atoms with Gasteiger partial charge in [-0.25, -0.2) is 0 Å². The third-order valence-corrected chi connectivity index (χ3v) is 3.85. The topological polar surface area (TPSA) is 52.0 Å². The van der Waals surface area contributed by atoms with E-state index in [-0.39, 0.29) is 0 Å². The number of rotatable bonds is 1. The Morgan fingerprint density at radius 3 is 2.84 bits per heavy atom. The third kappa shape index (κ3) is 2.29. The van der Waals surface area contributed by atoms with Gasteiger partial charge in [0.2, 0.25) is 0 Å². The molecule has 1 aromatic heterocycles. The molecule has 0 aliphatic carbocycles. The van der Waals surface area contributed by atoms with Crippen molar-refractivity contribution in [3.63, 3.8) is 0 Å². The van der Waals surface area contributed by atoms with Crippen LogP contribution in [0.25, 0.3) is 10.9 Å². The molecule has 1 aliphatic rings. The number of nitrogens with one attached hydrogen (secondary N) is 1. The van der Waals surface area contributed by atoms with Gasteiger partial charge in [-0.2, -0.15) is 5.26 Å². The SMILES string of the molecule is N#Cc1cnc2ccc(Br)cc2c1N1CCNCC1. The smallest absolute Gasteiger partial charge is 0.103 e. The fourth-order valence-electron chi connectivity index (χ4n) is 2.46. The molecule has 1 fully saturated rings. The number of anilines is 1. The highest BCUT2D eigenvalue weighted by Crippen LogP contribution is 2.31. The van der Waals surface area contributed by atoms with Gasteiger partial charge in [-0.3, -0.25) is 4.98 Å². The maximum absolute atomic E-state index is 9.33. The van der Waals surface area contributed by atoms with E-state index < -0.39 is 0 Å². The van der Waals surface area contributed by atoms with Crippen molar-refractivity contribution < 1.29 is 0 Å². The quantitative estimate of drug-likeness (QED) is 0.877. The lowest BCUT2D eigenvalue weighted by molar-refractivity contribution is 0.590. The molecule has 0 unspecified atom stereocenters. The average Bonchev–Trinajstić information content (AvgIpc) is 2.46. The maximum atomic E-state index is 9.33. The van der Waals surface area contributed by atoms with Crippen LogP contribution in [0.1, 0.15) is 5.56 Å². The summed E-state index contributed by atoms with van der Waals surface area (Å²) in [7, 11) is 0. The number of piperazine rings is 1. The van der Waals surface area contributed by atoms with Crippen LogP contribution >= 0.6 is 15.9 Å². The van der Waals surface area contributed by atoms with Crippen molar-refractivity contribution in [2.45, 2.75) is 0 Å². The second kappa shape index (κ2) is 5.16. The number of hydrogen-bond donors (Lipinski definition) is 1. The number of benzene rings is 1. The Labute approximate surface area is 120 Å². The molecule has 0 bridgehead atoms. The molecule has 2 aromatic rings. The van der Waals surface area contributed by atoms with Gasteiger partial charge in [0, 0.05) is 42.2 Å². The third-order valence-electron chi connectivity index (χ3n) is 3.36. The molecule has 1 saturated heterocycles. The Kier molecular flexibility index (Phi) is 3.36. The largest absolute Gasteiger partial charge is 0.367 e. The summed E-state index contributed by atoms with van der Waals surface area (Å²) in [6.45, 7) is 3.73. The van der Waals surface area contributed by atoms with E-state index in [4.69, 9.17) is 0 Å². The lowest BCUT2D eigenvalue weighted by atomic mass is 10.1. The monoisotopic (exact) mass is 316 g/mol. The molecule has 1 aromatic carbocycles. The van der Waals surface area contributed by atoms with Gasteiger partial charge in [-0.15, -0.1) is 0 Å². The number of aromatic nitrogens is 1. The van der Waals surface area contributed by atoms with Crippen molar-refractivity contribution in [2.24, 2.45) is 0 Å². The molecule has 5 heteroatoms. The van der Waals surface area contributed by atoms with Crippen molar-refractivity contribution in [3.05, 3.63) is 34.4 Å². The van der Waals surface area contributed by atoms with E-state index in [1.807, 2.05) is 18.2 Å². The second-order valence-electron chi connectivity index (χ2n) is 4.53. The first-order valence-electron chi connectivity index (χ1n) is 6.23. The summed E-state index contributed by atoms with van der Waals surface area (Å²) in [6.07, 6.45) is 1.67. The standard InChI is InChI=1S/C14H13BrN4/c15-11-1-2-13-12(7-11)14(10(8-16)9-18-13)19-5-3-17-4-6-19/h1-2,7,9,17H,3-6H2. The fraction of sp³-hybridized carbons (Fsp3) is 0.286. The summed E-state index contributed by atoms with van der Waals surface area (Å²) >= 11 is 3.50. The zero-order chi connectivity index (χ0) is 13.2. The highest BCUT2D eigenvalue weighted by molar-refractivity contribution is 9.10. The maximum Gasteiger partial charge on any atom is 0.103 e. The summed E-state index contributed by atoms with van der Waals surface area (Å²) in [4.78, 5) is 6.63. The van der Waals surface area contributed by atoms with Crippen LogP contribution in [0.3, 0.4) is 0 Å². The molecular weight excluding hydrogens is 304 g/mol. The first kappa shape index (κ1) is 12.4. The van der Waals surface area contributed by atoms with Crippen LogP contribution in [0, 0.1) is 11.3 Å². The van der Waals surface area contributed by atoms with Gasteiger partial charge in [-0.05, 0) is 18.2 Å². The highest BCUT2D eigenvalue weighted by atomic mass is 79.9. The van der Waals surface area contributed by atoms with Crippen molar-refractivity contribution in [2.75, 3.05) is 31.1 Å². The molecule has 0 radical (unpaired) electrons. The second-order valence-corrected chi connectivity index (χ2v) is 5.45. The highest BCUT2D eigenvalue weighted by Gasteiger charge is 2.18. The van der Waals surface area contributed by atoms with Crippen LogP contribution in [0.4, 0.5) is 5.69 Å². The molecule has 4 nitrogen and oxygen atoms in total. The molecule has 0 amide bonds. The van der Waals surface area contributed by atoms with E-state index in [1.165, 1.54) is 0 Å². The average molecular weight is 317 g/mol. The van der Waals surface area contributed by atoms with Gasteiger partial charge in [0.1, 0.15) is 6.07 Å². The van der Waals surface area contributed by atoms with E-state index in [2.05, 4.69) is 37.2 Å². The predicted octanol–water partition coefficient (Wildman–Crippen LogP) is 2.28. The number of hydrogen-bond acceptors (Lipinski definition) is 4. The Hall–Kier alpha value is -1.64.